The molecule has 1 aliphatic rings. The fourth-order valence-corrected chi connectivity index (χ4v) is 6.10. The van der Waals surface area contributed by atoms with Gasteiger partial charge < -0.3 is 9.52 Å². The number of pyridine rings is 1. The molecule has 9 heteroatoms. The number of hydrogen-bond donors (Lipinski definition) is 2. The summed E-state index contributed by atoms with van der Waals surface area (Å²) in [6.07, 6.45) is 4.42. The smallest absolute Gasteiger partial charge is 0.343 e. The number of anilines is 1. The van der Waals surface area contributed by atoms with Gasteiger partial charge in [-0.3, -0.25) is 4.72 Å². The van der Waals surface area contributed by atoms with E-state index in [9.17, 15) is 18.3 Å². The van der Waals surface area contributed by atoms with E-state index in [1.54, 1.807) is 24.3 Å². The van der Waals surface area contributed by atoms with E-state index in [1.807, 2.05) is 49.4 Å². The summed E-state index contributed by atoms with van der Waals surface area (Å²) in [5, 5.41) is 20.0. The van der Waals surface area contributed by atoms with Crippen LogP contribution in [0.3, 0.4) is 0 Å². The standard InChI is InChI=1S/C31H29N3O5S/c1-2-22(15-20-7-4-3-5-8-20)27-18-26(35)30(31(36)39-27)29(23-11-12-23)24-9-6-10-25(17-24)34-40(37,38)28-16-21(19-32)13-14-33-28/h3-10,13-14,16-18,22-23,29,34-35H,2,11-12,15H2,1H3. The molecule has 2 aromatic heterocycles. The van der Waals surface area contributed by atoms with Gasteiger partial charge in [0.05, 0.1) is 17.2 Å². The second kappa shape index (κ2) is 11.4. The van der Waals surface area contributed by atoms with Gasteiger partial charge in [0, 0.05) is 29.8 Å². The third-order valence-corrected chi connectivity index (χ3v) is 8.53. The molecule has 2 heterocycles. The average molecular weight is 556 g/mol. The topological polar surface area (TPSA) is 133 Å². The Balaban J connectivity index is 1.45. The van der Waals surface area contributed by atoms with E-state index in [1.165, 1.54) is 18.3 Å². The summed E-state index contributed by atoms with van der Waals surface area (Å²) in [5.74, 6) is -0.0741. The molecule has 204 valence electrons. The van der Waals surface area contributed by atoms with Crippen molar-refractivity contribution in [1.29, 1.82) is 5.26 Å². The van der Waals surface area contributed by atoms with Gasteiger partial charge in [0.1, 0.15) is 11.5 Å². The molecule has 0 spiro atoms. The van der Waals surface area contributed by atoms with Gasteiger partial charge in [-0.1, -0.05) is 49.4 Å². The molecule has 4 aromatic rings. The van der Waals surface area contributed by atoms with E-state index < -0.39 is 21.6 Å². The summed E-state index contributed by atoms with van der Waals surface area (Å²) in [4.78, 5) is 17.3. The van der Waals surface area contributed by atoms with Gasteiger partial charge in [0.25, 0.3) is 10.0 Å². The van der Waals surface area contributed by atoms with Crippen LogP contribution in [0.25, 0.3) is 0 Å². The highest BCUT2D eigenvalue weighted by atomic mass is 32.2. The van der Waals surface area contributed by atoms with Crippen LogP contribution in [0.1, 0.15) is 66.0 Å². The number of hydrogen-bond acceptors (Lipinski definition) is 7. The average Bonchev–Trinajstić information content (AvgIpc) is 3.79. The van der Waals surface area contributed by atoms with Crippen molar-refractivity contribution in [1.82, 2.24) is 4.98 Å². The van der Waals surface area contributed by atoms with Gasteiger partial charge in [-0.2, -0.15) is 13.7 Å². The van der Waals surface area contributed by atoms with Gasteiger partial charge in [-0.25, -0.2) is 9.78 Å². The first-order valence-electron chi connectivity index (χ1n) is 13.2. The quantitative estimate of drug-likeness (QED) is 0.257. The Kier molecular flexibility index (Phi) is 7.71. The number of benzene rings is 2. The molecule has 1 aliphatic carbocycles. The molecule has 1 fully saturated rings. The molecule has 8 nitrogen and oxygen atoms in total. The normalized spacial score (nSPS) is 14.7. The second-order valence-corrected chi connectivity index (χ2v) is 11.7. The van der Waals surface area contributed by atoms with Gasteiger partial charge in [0.15, 0.2) is 5.03 Å². The summed E-state index contributed by atoms with van der Waals surface area (Å²) in [5.41, 5.74) is 1.86. The van der Waals surface area contributed by atoms with E-state index in [2.05, 4.69) is 9.71 Å². The highest BCUT2D eigenvalue weighted by Gasteiger charge is 2.38. The number of aromatic hydroxyl groups is 1. The van der Waals surface area contributed by atoms with Crippen LogP contribution in [-0.2, 0) is 16.4 Å². The lowest BCUT2D eigenvalue weighted by molar-refractivity contribution is 0.379. The fraction of sp³-hybridized carbons (Fsp3) is 0.258. The molecule has 0 radical (unpaired) electrons. The Morgan fingerprint density at radius 1 is 1.10 bits per heavy atom. The molecule has 2 N–H and O–H groups in total. The lowest BCUT2D eigenvalue weighted by atomic mass is 9.86. The van der Waals surface area contributed by atoms with Gasteiger partial charge in [-0.15, -0.1) is 0 Å². The lowest BCUT2D eigenvalue weighted by Gasteiger charge is -2.20. The van der Waals surface area contributed by atoms with Crippen molar-refractivity contribution < 1.29 is 17.9 Å². The van der Waals surface area contributed by atoms with Gasteiger partial charge in [0.2, 0.25) is 0 Å². The molecule has 2 atom stereocenters. The molecule has 2 unspecified atom stereocenters. The molecule has 0 aliphatic heterocycles. The highest BCUT2D eigenvalue weighted by molar-refractivity contribution is 7.92. The first-order valence-corrected chi connectivity index (χ1v) is 14.7. The Bertz CT molecular complexity index is 1720. The zero-order valence-electron chi connectivity index (χ0n) is 21.9. The SMILES string of the molecule is CCC(Cc1ccccc1)c1cc(O)c(C(c2cccc(NS(=O)(=O)c3cc(C#N)ccn3)c2)C2CC2)c(=O)o1. The van der Waals surface area contributed by atoms with E-state index in [0.717, 1.165) is 24.8 Å². The van der Waals surface area contributed by atoms with Crippen LogP contribution in [0.2, 0.25) is 0 Å². The first-order chi connectivity index (χ1) is 19.3. The summed E-state index contributed by atoms with van der Waals surface area (Å²) in [6, 6.07) is 22.8. The number of nitriles is 1. The van der Waals surface area contributed by atoms with Crippen molar-refractivity contribution >= 4 is 15.7 Å². The third-order valence-electron chi connectivity index (χ3n) is 7.25. The summed E-state index contributed by atoms with van der Waals surface area (Å²) >= 11 is 0. The number of nitrogens with one attached hydrogen (secondary N) is 1. The second-order valence-electron chi connectivity index (χ2n) is 10.1. The fourth-order valence-electron chi connectivity index (χ4n) is 5.07. The Hall–Kier alpha value is -4.42. The molecule has 5 rings (SSSR count). The van der Waals surface area contributed by atoms with Crippen molar-refractivity contribution in [3.63, 3.8) is 0 Å². The molecular weight excluding hydrogens is 526 g/mol. The number of aromatic nitrogens is 1. The third kappa shape index (κ3) is 5.92. The molecular formula is C31H29N3O5S. The molecule has 0 bridgehead atoms. The highest BCUT2D eigenvalue weighted by Crippen LogP contribution is 2.48. The maximum Gasteiger partial charge on any atom is 0.343 e. The molecule has 40 heavy (non-hydrogen) atoms. The summed E-state index contributed by atoms with van der Waals surface area (Å²) in [6.45, 7) is 2.02. The van der Waals surface area contributed by atoms with E-state index in [-0.39, 0.29) is 39.4 Å². The van der Waals surface area contributed by atoms with Crippen molar-refractivity contribution in [3.05, 3.63) is 117 Å². The van der Waals surface area contributed by atoms with Crippen LogP contribution in [-0.4, -0.2) is 18.5 Å². The molecule has 0 saturated heterocycles. The predicted octanol–water partition coefficient (Wildman–Crippen LogP) is 5.69. The van der Waals surface area contributed by atoms with E-state index >= 15 is 0 Å². The maximum atomic E-state index is 13.4. The van der Waals surface area contributed by atoms with Crippen molar-refractivity contribution in [3.8, 4) is 11.8 Å². The molecule has 2 aromatic carbocycles. The number of rotatable bonds is 10. The van der Waals surface area contributed by atoms with Crippen LogP contribution in [0.15, 0.2) is 93.2 Å². The van der Waals surface area contributed by atoms with E-state index in [0.29, 0.717) is 17.7 Å². The van der Waals surface area contributed by atoms with Crippen LogP contribution < -0.4 is 10.3 Å². The minimum absolute atomic E-state index is 0.0692. The van der Waals surface area contributed by atoms with Gasteiger partial charge >= 0.3 is 5.63 Å². The maximum absolute atomic E-state index is 13.4. The van der Waals surface area contributed by atoms with Crippen LogP contribution in [0.4, 0.5) is 5.69 Å². The number of sulfonamides is 1. The van der Waals surface area contributed by atoms with E-state index in [4.69, 9.17) is 9.68 Å². The first kappa shape index (κ1) is 27.2. The van der Waals surface area contributed by atoms with Crippen LogP contribution >= 0.6 is 0 Å². The van der Waals surface area contributed by atoms with Crippen LogP contribution in [0, 0.1) is 17.2 Å². The Morgan fingerprint density at radius 3 is 2.55 bits per heavy atom. The molecule has 1 saturated carbocycles. The summed E-state index contributed by atoms with van der Waals surface area (Å²) in [7, 11) is -4.06. The monoisotopic (exact) mass is 555 g/mol. The zero-order chi connectivity index (χ0) is 28.3. The minimum atomic E-state index is -4.06. The largest absolute Gasteiger partial charge is 0.507 e. The van der Waals surface area contributed by atoms with Gasteiger partial charge in [-0.05, 0) is 67.0 Å². The Morgan fingerprint density at radius 2 is 1.88 bits per heavy atom. The van der Waals surface area contributed by atoms with Crippen molar-refractivity contribution in [2.45, 2.75) is 49.5 Å². The minimum Gasteiger partial charge on any atom is -0.507 e. The zero-order valence-corrected chi connectivity index (χ0v) is 22.8. The predicted molar refractivity (Wildman–Crippen MR) is 151 cm³/mol. The van der Waals surface area contributed by atoms with Crippen molar-refractivity contribution in [2.75, 3.05) is 4.72 Å². The Labute approximate surface area is 233 Å². The molecule has 0 amide bonds. The lowest BCUT2D eigenvalue weighted by Crippen LogP contribution is -2.18. The number of nitrogens with zero attached hydrogens (tertiary/aromatic N) is 2. The van der Waals surface area contributed by atoms with Crippen LogP contribution in [0.5, 0.6) is 5.75 Å². The summed E-state index contributed by atoms with van der Waals surface area (Å²) < 4.78 is 34.2. The van der Waals surface area contributed by atoms with Crippen molar-refractivity contribution in [2.24, 2.45) is 5.92 Å².